The molecule has 2 atom stereocenters. The molecule has 4 heteroatoms. The predicted octanol–water partition coefficient (Wildman–Crippen LogP) is 4.42. The number of amides is 1. The van der Waals surface area contributed by atoms with Gasteiger partial charge >= 0.3 is 0 Å². The maximum absolute atomic E-state index is 11.8. The Morgan fingerprint density at radius 3 is 2.07 bits per heavy atom. The number of anilines is 1. The zero-order valence-electron chi connectivity index (χ0n) is 16.5. The van der Waals surface area contributed by atoms with Gasteiger partial charge in [0.05, 0.1) is 18.6 Å². The second-order valence-corrected chi connectivity index (χ2v) is 6.61. The average Bonchev–Trinajstić information content (AvgIpc) is 2.76. The van der Waals surface area contributed by atoms with Crippen molar-refractivity contribution in [1.29, 1.82) is 0 Å². The normalized spacial score (nSPS) is 18.6. The molecule has 1 fully saturated rings. The van der Waals surface area contributed by atoms with Crippen molar-refractivity contribution < 1.29 is 15.0 Å². The highest BCUT2D eigenvalue weighted by atomic mass is 16.3. The molecule has 2 aromatic rings. The molecular formula is C24H29NO3. The van der Waals surface area contributed by atoms with Crippen LogP contribution in [0.3, 0.4) is 0 Å². The van der Waals surface area contributed by atoms with E-state index in [9.17, 15) is 4.79 Å². The summed E-state index contributed by atoms with van der Waals surface area (Å²) < 4.78 is 0. The van der Waals surface area contributed by atoms with Gasteiger partial charge in [-0.1, -0.05) is 66.8 Å². The molecule has 2 aromatic carbocycles. The Kier molecular flexibility index (Phi) is 8.66. The molecule has 4 nitrogen and oxygen atoms in total. The molecule has 0 radical (unpaired) electrons. The highest BCUT2D eigenvalue weighted by Gasteiger charge is 2.38. The van der Waals surface area contributed by atoms with Gasteiger partial charge in [-0.05, 0) is 43.0 Å². The standard InChI is InChI=1S/C15H15NO.C8H10O.CH4O/c17-15-11-14(12-7-3-1-4-8-12)16(15)13-9-5-2-6-10-13;1-7(9)8-5-3-2-4-6-8;1-2/h1-3,5-7,9-10,14H,4,8,11H2;2-7,9H,1H3;2H,1H3. The SMILES string of the molecule is CC(O)c1ccccc1.CO.O=C1CC(C2=CC=CCC2)N1c1ccccc1. The van der Waals surface area contributed by atoms with Crippen LogP contribution in [0.5, 0.6) is 0 Å². The van der Waals surface area contributed by atoms with E-state index >= 15 is 0 Å². The third kappa shape index (κ3) is 5.65. The maximum atomic E-state index is 11.8. The minimum atomic E-state index is -0.341. The van der Waals surface area contributed by atoms with E-state index in [1.807, 2.05) is 65.6 Å². The number of hydrogen-bond acceptors (Lipinski definition) is 3. The lowest BCUT2D eigenvalue weighted by Gasteiger charge is -2.42. The Labute approximate surface area is 167 Å². The van der Waals surface area contributed by atoms with Crippen molar-refractivity contribution in [2.75, 3.05) is 12.0 Å². The van der Waals surface area contributed by atoms with Gasteiger partial charge in [0, 0.05) is 12.8 Å². The van der Waals surface area contributed by atoms with Gasteiger partial charge in [0.1, 0.15) is 0 Å². The molecule has 0 bridgehead atoms. The smallest absolute Gasteiger partial charge is 0.229 e. The molecular weight excluding hydrogens is 350 g/mol. The number of allylic oxidation sites excluding steroid dienone is 3. The summed E-state index contributed by atoms with van der Waals surface area (Å²) in [5.41, 5.74) is 3.37. The summed E-state index contributed by atoms with van der Waals surface area (Å²) in [6.07, 6.45) is 8.94. The second kappa shape index (κ2) is 11.2. The first-order chi connectivity index (χ1) is 13.7. The molecule has 2 aliphatic rings. The van der Waals surface area contributed by atoms with Crippen LogP contribution >= 0.6 is 0 Å². The lowest BCUT2D eigenvalue weighted by molar-refractivity contribution is -0.123. The highest BCUT2D eigenvalue weighted by molar-refractivity contribution is 6.02. The van der Waals surface area contributed by atoms with E-state index in [1.165, 1.54) is 5.57 Å². The molecule has 2 unspecified atom stereocenters. The lowest BCUT2D eigenvalue weighted by Crippen LogP contribution is -2.54. The van der Waals surface area contributed by atoms with Gasteiger partial charge in [-0.3, -0.25) is 4.79 Å². The summed E-state index contributed by atoms with van der Waals surface area (Å²) in [6.45, 7) is 1.76. The van der Waals surface area contributed by atoms with Gasteiger partial charge in [-0.2, -0.15) is 0 Å². The van der Waals surface area contributed by atoms with Crippen molar-refractivity contribution in [3.63, 3.8) is 0 Å². The van der Waals surface area contributed by atoms with E-state index < -0.39 is 0 Å². The van der Waals surface area contributed by atoms with Gasteiger partial charge in [0.2, 0.25) is 5.91 Å². The summed E-state index contributed by atoms with van der Waals surface area (Å²) in [5, 5.41) is 16.0. The van der Waals surface area contributed by atoms with Crippen LogP contribution < -0.4 is 4.90 Å². The molecule has 0 aromatic heterocycles. The van der Waals surface area contributed by atoms with E-state index in [2.05, 4.69) is 18.2 Å². The second-order valence-electron chi connectivity index (χ2n) is 6.61. The number of nitrogens with zero attached hydrogens (tertiary/aromatic N) is 1. The number of hydrogen-bond donors (Lipinski definition) is 2. The van der Waals surface area contributed by atoms with Crippen LogP contribution in [0.25, 0.3) is 0 Å². The minimum absolute atomic E-state index is 0.233. The molecule has 0 spiro atoms. The third-order valence-electron chi connectivity index (χ3n) is 4.74. The number of aliphatic hydroxyl groups is 2. The fourth-order valence-electron chi connectivity index (χ4n) is 3.26. The van der Waals surface area contributed by atoms with Gasteiger partial charge < -0.3 is 15.1 Å². The van der Waals surface area contributed by atoms with Crippen LogP contribution in [0.2, 0.25) is 0 Å². The number of rotatable bonds is 3. The van der Waals surface area contributed by atoms with E-state index in [1.54, 1.807) is 6.92 Å². The first-order valence-corrected chi connectivity index (χ1v) is 9.57. The van der Waals surface area contributed by atoms with Gasteiger partial charge in [0.15, 0.2) is 0 Å². The Balaban J connectivity index is 0.000000216. The van der Waals surface area contributed by atoms with Crippen LogP contribution in [0.4, 0.5) is 5.69 Å². The summed E-state index contributed by atoms with van der Waals surface area (Å²) >= 11 is 0. The molecule has 1 heterocycles. The largest absolute Gasteiger partial charge is 0.400 e. The Hall–Kier alpha value is -2.69. The number of benzene rings is 2. The monoisotopic (exact) mass is 379 g/mol. The van der Waals surface area contributed by atoms with Gasteiger partial charge in [0.25, 0.3) is 0 Å². The van der Waals surface area contributed by atoms with Crippen molar-refractivity contribution in [3.05, 3.63) is 90.0 Å². The minimum Gasteiger partial charge on any atom is -0.400 e. The molecule has 1 saturated heterocycles. The molecule has 1 aliphatic heterocycles. The van der Waals surface area contributed by atoms with Crippen LogP contribution in [0.1, 0.15) is 37.9 Å². The summed E-state index contributed by atoms with van der Waals surface area (Å²) in [7, 11) is 1.00. The van der Waals surface area contributed by atoms with Crippen LogP contribution in [0.15, 0.2) is 84.5 Å². The number of aliphatic hydroxyl groups excluding tert-OH is 2. The van der Waals surface area contributed by atoms with E-state index in [4.69, 9.17) is 10.2 Å². The summed E-state index contributed by atoms with van der Waals surface area (Å²) in [6, 6.07) is 19.8. The van der Waals surface area contributed by atoms with Gasteiger partial charge in [-0.25, -0.2) is 0 Å². The zero-order chi connectivity index (χ0) is 20.4. The quantitative estimate of drug-likeness (QED) is 0.776. The molecule has 0 saturated carbocycles. The van der Waals surface area contributed by atoms with Crippen LogP contribution in [-0.4, -0.2) is 29.3 Å². The van der Waals surface area contributed by atoms with Gasteiger partial charge in [-0.15, -0.1) is 0 Å². The Bertz CT molecular complexity index is 782. The summed E-state index contributed by atoms with van der Waals surface area (Å²) in [4.78, 5) is 13.7. The van der Waals surface area contributed by atoms with Crippen molar-refractivity contribution in [1.82, 2.24) is 0 Å². The molecule has 28 heavy (non-hydrogen) atoms. The van der Waals surface area contributed by atoms with Crippen molar-refractivity contribution in [2.24, 2.45) is 0 Å². The highest BCUT2D eigenvalue weighted by Crippen LogP contribution is 2.34. The van der Waals surface area contributed by atoms with E-state index in [0.29, 0.717) is 6.42 Å². The topological polar surface area (TPSA) is 60.8 Å². The molecule has 148 valence electrons. The molecule has 1 aliphatic carbocycles. The Morgan fingerprint density at radius 1 is 1.00 bits per heavy atom. The number of carbonyl (C=O) groups excluding carboxylic acids is 1. The zero-order valence-corrected chi connectivity index (χ0v) is 16.5. The number of carbonyl (C=O) groups is 1. The lowest BCUT2D eigenvalue weighted by atomic mass is 9.88. The van der Waals surface area contributed by atoms with Crippen LogP contribution in [0, 0.1) is 0 Å². The maximum Gasteiger partial charge on any atom is 0.229 e. The number of β-lactam (4-membered cyclic amide) rings is 1. The van der Waals surface area contributed by atoms with E-state index in [-0.39, 0.29) is 18.1 Å². The van der Waals surface area contributed by atoms with Crippen molar-refractivity contribution in [2.45, 2.75) is 38.3 Å². The van der Waals surface area contributed by atoms with Crippen molar-refractivity contribution >= 4 is 11.6 Å². The number of para-hydroxylation sites is 1. The first-order valence-electron chi connectivity index (χ1n) is 9.57. The average molecular weight is 380 g/mol. The third-order valence-corrected chi connectivity index (χ3v) is 4.74. The summed E-state index contributed by atoms with van der Waals surface area (Å²) in [5.74, 6) is 0.233. The van der Waals surface area contributed by atoms with E-state index in [0.717, 1.165) is 31.2 Å². The Morgan fingerprint density at radius 2 is 1.61 bits per heavy atom. The fourth-order valence-corrected chi connectivity index (χ4v) is 3.26. The van der Waals surface area contributed by atoms with Crippen molar-refractivity contribution in [3.8, 4) is 0 Å². The predicted molar refractivity (Wildman–Crippen MR) is 114 cm³/mol. The molecule has 2 N–H and O–H groups in total. The van der Waals surface area contributed by atoms with Crippen LogP contribution in [-0.2, 0) is 4.79 Å². The molecule has 4 rings (SSSR count). The molecule has 1 amide bonds. The first kappa shape index (κ1) is 21.6. The fraction of sp³-hybridized carbons (Fsp3) is 0.292.